The molecule has 6 heteroatoms. The maximum atomic E-state index is 12.3. The Kier molecular flexibility index (Phi) is 7.00. The van der Waals surface area contributed by atoms with E-state index in [1.54, 1.807) is 7.05 Å². The van der Waals surface area contributed by atoms with Gasteiger partial charge in [0.15, 0.2) is 0 Å². The number of hydrogen-bond acceptors (Lipinski definition) is 4. The smallest absolute Gasteiger partial charge is 0.328 e. The first kappa shape index (κ1) is 18.9. The molecule has 1 heterocycles. The lowest BCUT2D eigenvalue weighted by molar-refractivity contribution is -0.144. The van der Waals surface area contributed by atoms with Gasteiger partial charge in [0, 0.05) is 12.7 Å². The molecule has 0 saturated carbocycles. The molecular weight excluding hydrogens is 294 g/mol. The first-order valence-electron chi connectivity index (χ1n) is 7.81. The van der Waals surface area contributed by atoms with Gasteiger partial charge in [0.05, 0.1) is 19.3 Å². The van der Waals surface area contributed by atoms with Crippen molar-refractivity contribution in [2.24, 2.45) is 5.92 Å². The molecule has 1 aromatic rings. The van der Waals surface area contributed by atoms with E-state index in [0.717, 1.165) is 11.4 Å². The zero-order valence-electron chi connectivity index (χ0n) is 14.8. The van der Waals surface area contributed by atoms with Gasteiger partial charge in [-0.15, -0.1) is 0 Å². The Labute approximate surface area is 138 Å². The summed E-state index contributed by atoms with van der Waals surface area (Å²) in [6.07, 6.45) is 0. The van der Waals surface area contributed by atoms with Crippen molar-refractivity contribution >= 4 is 12.0 Å². The lowest BCUT2D eigenvalue weighted by Gasteiger charge is -2.24. The fourth-order valence-electron chi connectivity index (χ4n) is 2.09. The number of urea groups is 1. The van der Waals surface area contributed by atoms with Crippen molar-refractivity contribution in [1.82, 2.24) is 15.2 Å². The third-order valence-electron chi connectivity index (χ3n) is 3.57. The van der Waals surface area contributed by atoms with Crippen LogP contribution in [0.3, 0.4) is 0 Å². The van der Waals surface area contributed by atoms with E-state index < -0.39 is 12.0 Å². The van der Waals surface area contributed by atoms with Crippen LogP contribution in [0.1, 0.15) is 45.0 Å². The zero-order chi connectivity index (χ0) is 17.6. The highest BCUT2D eigenvalue weighted by atomic mass is 16.5. The van der Waals surface area contributed by atoms with Crippen LogP contribution in [0.15, 0.2) is 18.2 Å². The minimum absolute atomic E-state index is 0.0535. The van der Waals surface area contributed by atoms with Gasteiger partial charge in [-0.2, -0.15) is 0 Å². The summed E-state index contributed by atoms with van der Waals surface area (Å²) in [5.41, 5.74) is 1.80. The molecule has 1 aromatic heterocycles. The van der Waals surface area contributed by atoms with E-state index in [1.165, 1.54) is 12.0 Å². The van der Waals surface area contributed by atoms with E-state index in [1.807, 2.05) is 32.0 Å². The predicted octanol–water partition coefficient (Wildman–Crippen LogP) is 2.54. The fourth-order valence-corrected chi connectivity index (χ4v) is 2.09. The monoisotopic (exact) mass is 321 g/mol. The summed E-state index contributed by atoms with van der Waals surface area (Å²) in [6.45, 7) is 8.24. The number of esters is 1. The van der Waals surface area contributed by atoms with E-state index in [0.29, 0.717) is 12.5 Å². The topological polar surface area (TPSA) is 71.5 Å². The molecule has 0 fully saturated rings. The normalized spacial score (nSPS) is 12.2. The molecule has 0 radical (unpaired) electrons. The second-order valence-corrected chi connectivity index (χ2v) is 6.26. The number of nitrogens with one attached hydrogen (secondary N) is 1. The summed E-state index contributed by atoms with van der Waals surface area (Å²) in [5, 5.41) is 2.71. The van der Waals surface area contributed by atoms with E-state index in [4.69, 9.17) is 4.74 Å². The summed E-state index contributed by atoms with van der Waals surface area (Å²) in [5.74, 6) is -0.164. The minimum atomic E-state index is -0.662. The molecule has 0 spiro atoms. The van der Waals surface area contributed by atoms with Gasteiger partial charge >= 0.3 is 12.0 Å². The second kappa shape index (κ2) is 8.50. The van der Waals surface area contributed by atoms with Crippen LogP contribution in [0.5, 0.6) is 0 Å². The minimum Gasteiger partial charge on any atom is -0.467 e. The summed E-state index contributed by atoms with van der Waals surface area (Å²) in [6, 6.07) is 4.81. The highest BCUT2D eigenvalue weighted by Gasteiger charge is 2.26. The molecule has 1 atom stereocenters. The Bertz CT molecular complexity index is 544. The van der Waals surface area contributed by atoms with Gasteiger partial charge in [0.25, 0.3) is 0 Å². The van der Waals surface area contributed by atoms with E-state index in [9.17, 15) is 9.59 Å². The number of methoxy groups -OCH3 is 1. The van der Waals surface area contributed by atoms with Crippen molar-refractivity contribution in [2.45, 2.75) is 46.2 Å². The van der Waals surface area contributed by atoms with Crippen LogP contribution in [0.2, 0.25) is 0 Å². The number of nitrogens with zero attached hydrogens (tertiary/aromatic N) is 2. The SMILES string of the molecule is COC(=O)[C@@H](NC(=O)N(C)Cc1cccc(C(C)C)n1)C(C)C. The first-order valence-corrected chi connectivity index (χ1v) is 7.81. The highest BCUT2D eigenvalue weighted by molar-refractivity contribution is 5.83. The van der Waals surface area contributed by atoms with E-state index >= 15 is 0 Å². The molecule has 0 aliphatic rings. The van der Waals surface area contributed by atoms with Crippen LogP contribution in [-0.2, 0) is 16.1 Å². The average molecular weight is 321 g/mol. The maximum absolute atomic E-state index is 12.3. The van der Waals surface area contributed by atoms with Crippen LogP contribution in [0.25, 0.3) is 0 Å². The Morgan fingerprint density at radius 1 is 1.26 bits per heavy atom. The maximum Gasteiger partial charge on any atom is 0.328 e. The van der Waals surface area contributed by atoms with Gasteiger partial charge in [0.2, 0.25) is 0 Å². The molecule has 0 aromatic carbocycles. The fraction of sp³-hybridized carbons (Fsp3) is 0.588. The Hall–Kier alpha value is -2.11. The molecule has 0 aliphatic heterocycles. The Balaban J connectivity index is 2.73. The number of hydrogen-bond donors (Lipinski definition) is 1. The van der Waals surface area contributed by atoms with Gasteiger partial charge < -0.3 is 15.0 Å². The predicted molar refractivity (Wildman–Crippen MR) is 89.0 cm³/mol. The quantitative estimate of drug-likeness (QED) is 0.817. The molecule has 2 amide bonds. The van der Waals surface area contributed by atoms with Crippen molar-refractivity contribution in [3.63, 3.8) is 0 Å². The molecule has 0 aliphatic carbocycles. The van der Waals surface area contributed by atoms with Gasteiger partial charge in [-0.1, -0.05) is 33.8 Å². The van der Waals surface area contributed by atoms with Crippen LogP contribution < -0.4 is 5.32 Å². The summed E-state index contributed by atoms with van der Waals surface area (Å²) in [7, 11) is 2.99. The van der Waals surface area contributed by atoms with Crippen molar-refractivity contribution in [2.75, 3.05) is 14.2 Å². The lowest BCUT2D eigenvalue weighted by atomic mass is 10.1. The van der Waals surface area contributed by atoms with Gasteiger partial charge in [-0.3, -0.25) is 4.98 Å². The Morgan fingerprint density at radius 3 is 2.43 bits per heavy atom. The third-order valence-corrected chi connectivity index (χ3v) is 3.57. The number of aromatic nitrogens is 1. The number of amides is 2. The van der Waals surface area contributed by atoms with Crippen LogP contribution in [0.4, 0.5) is 4.79 Å². The second-order valence-electron chi connectivity index (χ2n) is 6.26. The van der Waals surface area contributed by atoms with Crippen LogP contribution >= 0.6 is 0 Å². The highest BCUT2D eigenvalue weighted by Crippen LogP contribution is 2.12. The number of ether oxygens (including phenoxy) is 1. The number of carbonyl (C=O) groups is 2. The summed E-state index contributed by atoms with van der Waals surface area (Å²) in [4.78, 5) is 30.1. The van der Waals surface area contributed by atoms with Crippen molar-refractivity contribution < 1.29 is 14.3 Å². The van der Waals surface area contributed by atoms with Gasteiger partial charge in [-0.25, -0.2) is 9.59 Å². The standard InChI is InChI=1S/C17H27N3O3/c1-11(2)14-9-7-8-13(18-14)10-20(5)17(22)19-15(12(3)4)16(21)23-6/h7-9,11-12,15H,10H2,1-6H3,(H,19,22)/t15-/m0/s1. The number of pyridine rings is 1. The third kappa shape index (κ3) is 5.54. The van der Waals surface area contributed by atoms with Gasteiger partial charge in [0.1, 0.15) is 6.04 Å². The molecule has 0 saturated heterocycles. The molecule has 6 nitrogen and oxygen atoms in total. The van der Waals surface area contributed by atoms with Crippen molar-refractivity contribution in [1.29, 1.82) is 0 Å². The largest absolute Gasteiger partial charge is 0.467 e. The number of carbonyl (C=O) groups excluding carboxylic acids is 2. The van der Waals surface area contributed by atoms with E-state index in [2.05, 4.69) is 24.1 Å². The molecule has 0 bridgehead atoms. The van der Waals surface area contributed by atoms with Crippen LogP contribution in [0, 0.1) is 5.92 Å². The molecular formula is C17H27N3O3. The van der Waals surface area contributed by atoms with E-state index in [-0.39, 0.29) is 11.9 Å². The molecule has 0 unspecified atom stereocenters. The lowest BCUT2D eigenvalue weighted by Crippen LogP contribution is -2.49. The molecule has 23 heavy (non-hydrogen) atoms. The van der Waals surface area contributed by atoms with Gasteiger partial charge in [-0.05, 0) is 24.0 Å². The molecule has 1 N–H and O–H groups in total. The van der Waals surface area contributed by atoms with Crippen molar-refractivity contribution in [3.05, 3.63) is 29.6 Å². The van der Waals surface area contributed by atoms with Crippen molar-refractivity contribution in [3.8, 4) is 0 Å². The average Bonchev–Trinajstić information content (AvgIpc) is 2.51. The first-order chi connectivity index (χ1) is 10.8. The molecule has 128 valence electrons. The molecule has 1 rings (SSSR count). The number of rotatable bonds is 6. The summed E-state index contributed by atoms with van der Waals surface area (Å²) < 4.78 is 4.73. The van der Waals surface area contributed by atoms with Crippen LogP contribution in [-0.4, -0.2) is 42.1 Å². The Morgan fingerprint density at radius 2 is 1.91 bits per heavy atom. The zero-order valence-corrected chi connectivity index (χ0v) is 14.8. The summed E-state index contributed by atoms with van der Waals surface area (Å²) >= 11 is 0.